The molecule has 0 bridgehead atoms. The molecule has 1 saturated carbocycles. The number of sulfonamides is 1. The summed E-state index contributed by atoms with van der Waals surface area (Å²) in [5.41, 5.74) is 6.65. The zero-order valence-electron chi connectivity index (χ0n) is 12.5. The van der Waals surface area contributed by atoms with Crippen LogP contribution in [0, 0.1) is 6.92 Å². The summed E-state index contributed by atoms with van der Waals surface area (Å²) in [6.45, 7) is 2.14. The lowest BCUT2D eigenvalue weighted by Gasteiger charge is -2.31. The highest BCUT2D eigenvalue weighted by Gasteiger charge is 2.33. The Hall–Kier alpha value is -1.31. The van der Waals surface area contributed by atoms with Crippen LogP contribution in [0.1, 0.15) is 31.2 Å². The molecule has 0 aliphatic heterocycles. The highest BCUT2D eigenvalue weighted by molar-refractivity contribution is 7.89. The number of hydrogen-bond acceptors (Lipinski definition) is 5. The fourth-order valence-electron chi connectivity index (χ4n) is 3.10. The standard InChI is InChI=1S/C14H23N3O3S/c1-10-12(7-11(15)8-13(10)21(16,19)20)17(2)9-14(18)5-3-4-6-14/h7-8,18H,3-6,9,15H2,1-2H3,(H2,16,19,20). The second kappa shape index (κ2) is 5.47. The summed E-state index contributed by atoms with van der Waals surface area (Å²) < 4.78 is 23.3. The van der Waals surface area contributed by atoms with Gasteiger partial charge in [0.1, 0.15) is 0 Å². The van der Waals surface area contributed by atoms with Crippen LogP contribution in [0.3, 0.4) is 0 Å². The van der Waals surface area contributed by atoms with Gasteiger partial charge in [-0.1, -0.05) is 12.8 Å². The molecular formula is C14H23N3O3S. The van der Waals surface area contributed by atoms with Gasteiger partial charge < -0.3 is 15.7 Å². The first-order valence-electron chi connectivity index (χ1n) is 6.99. The van der Waals surface area contributed by atoms with Crippen LogP contribution in [-0.4, -0.2) is 32.7 Å². The van der Waals surface area contributed by atoms with E-state index < -0.39 is 15.6 Å². The molecule has 1 aliphatic carbocycles. The maximum absolute atomic E-state index is 11.6. The minimum Gasteiger partial charge on any atom is -0.399 e. The molecule has 0 unspecified atom stereocenters. The van der Waals surface area contributed by atoms with E-state index in [0.717, 1.165) is 25.7 Å². The van der Waals surface area contributed by atoms with Crippen molar-refractivity contribution >= 4 is 21.4 Å². The zero-order valence-corrected chi connectivity index (χ0v) is 13.3. The molecule has 0 amide bonds. The Kier molecular flexibility index (Phi) is 4.19. The molecule has 1 aromatic rings. The topological polar surface area (TPSA) is 110 Å². The van der Waals surface area contributed by atoms with Crippen molar-refractivity contribution in [2.75, 3.05) is 24.2 Å². The van der Waals surface area contributed by atoms with Gasteiger partial charge in [-0.3, -0.25) is 0 Å². The van der Waals surface area contributed by atoms with Gasteiger partial charge in [-0.25, -0.2) is 13.6 Å². The third kappa shape index (κ3) is 3.48. The van der Waals surface area contributed by atoms with E-state index >= 15 is 0 Å². The van der Waals surface area contributed by atoms with Crippen LogP contribution in [-0.2, 0) is 10.0 Å². The summed E-state index contributed by atoms with van der Waals surface area (Å²) >= 11 is 0. The Balaban J connectivity index is 2.37. The van der Waals surface area contributed by atoms with Gasteiger partial charge in [0.15, 0.2) is 0 Å². The van der Waals surface area contributed by atoms with Crippen molar-refractivity contribution in [2.45, 2.75) is 43.1 Å². The van der Waals surface area contributed by atoms with Crippen molar-refractivity contribution in [3.63, 3.8) is 0 Å². The molecule has 7 heteroatoms. The van der Waals surface area contributed by atoms with Gasteiger partial charge in [-0.15, -0.1) is 0 Å². The largest absolute Gasteiger partial charge is 0.399 e. The lowest BCUT2D eigenvalue weighted by molar-refractivity contribution is 0.0559. The van der Waals surface area contributed by atoms with Crippen LogP contribution < -0.4 is 15.8 Å². The number of aliphatic hydroxyl groups is 1. The Morgan fingerprint density at radius 3 is 2.43 bits per heavy atom. The molecule has 1 aliphatic rings. The molecule has 21 heavy (non-hydrogen) atoms. The molecular weight excluding hydrogens is 290 g/mol. The monoisotopic (exact) mass is 313 g/mol. The Labute approximate surface area is 125 Å². The van der Waals surface area contributed by atoms with E-state index in [1.54, 1.807) is 13.0 Å². The molecule has 0 atom stereocenters. The number of likely N-dealkylation sites (N-methyl/N-ethyl adjacent to an activating group) is 1. The molecule has 6 nitrogen and oxygen atoms in total. The number of primary sulfonamides is 1. The molecule has 1 fully saturated rings. The molecule has 0 heterocycles. The van der Waals surface area contributed by atoms with Crippen LogP contribution in [0.2, 0.25) is 0 Å². The second-order valence-electron chi connectivity index (χ2n) is 6.00. The number of hydrogen-bond donors (Lipinski definition) is 3. The Morgan fingerprint density at radius 2 is 1.90 bits per heavy atom. The molecule has 2 rings (SSSR count). The van der Waals surface area contributed by atoms with Crippen LogP contribution in [0.5, 0.6) is 0 Å². The van der Waals surface area contributed by atoms with E-state index in [4.69, 9.17) is 10.9 Å². The van der Waals surface area contributed by atoms with Gasteiger partial charge in [0.25, 0.3) is 0 Å². The number of nitrogens with zero attached hydrogens (tertiary/aromatic N) is 1. The summed E-state index contributed by atoms with van der Waals surface area (Å²) in [5.74, 6) is 0. The van der Waals surface area contributed by atoms with Gasteiger partial charge in [-0.2, -0.15) is 0 Å². The van der Waals surface area contributed by atoms with Crippen LogP contribution in [0.25, 0.3) is 0 Å². The van der Waals surface area contributed by atoms with E-state index in [2.05, 4.69) is 0 Å². The maximum atomic E-state index is 11.6. The van der Waals surface area contributed by atoms with Gasteiger partial charge in [0.2, 0.25) is 10.0 Å². The summed E-state index contributed by atoms with van der Waals surface area (Å²) in [4.78, 5) is 1.88. The quantitative estimate of drug-likeness (QED) is 0.717. The molecule has 118 valence electrons. The maximum Gasteiger partial charge on any atom is 0.238 e. The normalized spacial score (nSPS) is 17.9. The Morgan fingerprint density at radius 1 is 1.33 bits per heavy atom. The molecule has 1 aromatic carbocycles. The number of anilines is 2. The fourth-order valence-corrected chi connectivity index (χ4v) is 3.94. The predicted octanol–water partition coefficient (Wildman–Crippen LogP) is 0.966. The van der Waals surface area contributed by atoms with Crippen molar-refractivity contribution in [1.29, 1.82) is 0 Å². The number of nitrogen functional groups attached to an aromatic ring is 1. The van der Waals surface area contributed by atoms with Crippen molar-refractivity contribution in [3.8, 4) is 0 Å². The summed E-state index contributed by atoms with van der Waals surface area (Å²) in [6, 6.07) is 3.08. The van der Waals surface area contributed by atoms with E-state index in [1.165, 1.54) is 6.07 Å². The van der Waals surface area contributed by atoms with Gasteiger partial charge >= 0.3 is 0 Å². The molecule has 0 radical (unpaired) electrons. The van der Waals surface area contributed by atoms with Crippen LogP contribution in [0.4, 0.5) is 11.4 Å². The number of nitrogens with two attached hydrogens (primary N) is 2. The zero-order chi connectivity index (χ0) is 15.8. The van der Waals surface area contributed by atoms with E-state index in [1.807, 2.05) is 11.9 Å². The Bertz CT molecular complexity index is 637. The SMILES string of the molecule is Cc1c(N(C)CC2(O)CCCC2)cc(N)cc1S(N)(=O)=O. The number of rotatable bonds is 4. The van der Waals surface area contributed by atoms with Gasteiger partial charge in [0.05, 0.1) is 10.5 Å². The molecule has 0 aromatic heterocycles. The van der Waals surface area contributed by atoms with E-state index in [9.17, 15) is 13.5 Å². The first kappa shape index (κ1) is 16.1. The average Bonchev–Trinajstić information content (AvgIpc) is 2.76. The smallest absolute Gasteiger partial charge is 0.238 e. The fraction of sp³-hybridized carbons (Fsp3) is 0.571. The van der Waals surface area contributed by atoms with Crippen molar-refractivity contribution in [2.24, 2.45) is 5.14 Å². The number of benzene rings is 1. The minimum absolute atomic E-state index is 0.0303. The lowest BCUT2D eigenvalue weighted by atomic mass is 10.0. The first-order chi connectivity index (χ1) is 9.62. The second-order valence-corrected chi connectivity index (χ2v) is 7.53. The summed E-state index contributed by atoms with van der Waals surface area (Å²) in [6.07, 6.45) is 3.56. The highest BCUT2D eigenvalue weighted by Crippen LogP contribution is 2.34. The van der Waals surface area contributed by atoms with Crippen LogP contribution in [0.15, 0.2) is 17.0 Å². The van der Waals surface area contributed by atoms with E-state index in [-0.39, 0.29) is 4.90 Å². The lowest BCUT2D eigenvalue weighted by Crippen LogP contribution is -2.39. The van der Waals surface area contributed by atoms with Crippen LogP contribution >= 0.6 is 0 Å². The van der Waals surface area contributed by atoms with Gasteiger partial charge in [-0.05, 0) is 37.5 Å². The third-order valence-electron chi connectivity index (χ3n) is 4.14. The highest BCUT2D eigenvalue weighted by atomic mass is 32.2. The molecule has 0 saturated heterocycles. The van der Waals surface area contributed by atoms with E-state index in [0.29, 0.717) is 23.5 Å². The summed E-state index contributed by atoms with van der Waals surface area (Å²) in [7, 11) is -2.00. The van der Waals surface area contributed by atoms with Crippen molar-refractivity contribution < 1.29 is 13.5 Å². The third-order valence-corrected chi connectivity index (χ3v) is 5.18. The van der Waals surface area contributed by atoms with Crippen molar-refractivity contribution in [3.05, 3.63) is 17.7 Å². The van der Waals surface area contributed by atoms with Gasteiger partial charge in [0, 0.05) is 25.0 Å². The predicted molar refractivity (Wildman–Crippen MR) is 83.7 cm³/mol. The average molecular weight is 313 g/mol. The first-order valence-corrected chi connectivity index (χ1v) is 8.53. The summed E-state index contributed by atoms with van der Waals surface area (Å²) in [5, 5.41) is 15.7. The minimum atomic E-state index is -3.82. The van der Waals surface area contributed by atoms with Crippen molar-refractivity contribution in [1.82, 2.24) is 0 Å². The molecule has 0 spiro atoms. The molecule has 5 N–H and O–H groups in total.